The molecular weight excluding hydrogens is 442 g/mol. The molecule has 7 nitrogen and oxygen atoms in total. The van der Waals surface area contributed by atoms with E-state index in [1.54, 1.807) is 42.1 Å². The lowest BCUT2D eigenvalue weighted by Gasteiger charge is -2.37. The van der Waals surface area contributed by atoms with Gasteiger partial charge in [0.2, 0.25) is 5.91 Å². The zero-order valence-electron chi connectivity index (χ0n) is 18.3. The van der Waals surface area contributed by atoms with Crippen molar-refractivity contribution in [3.8, 4) is 11.1 Å². The largest absolute Gasteiger partial charge is 0.348 e. The number of carbonyl (C=O) groups excluding carboxylic acids is 3. The fraction of sp³-hybridized carbons (Fsp3) is 0.240. The van der Waals surface area contributed by atoms with Gasteiger partial charge < -0.3 is 20.1 Å². The smallest absolute Gasteiger partial charge is 0.268 e. The number of halogens is 2. The molecule has 2 aromatic carbocycles. The molecule has 0 bridgehead atoms. The molecule has 2 unspecified atom stereocenters. The third-order valence-corrected chi connectivity index (χ3v) is 6.43. The van der Waals surface area contributed by atoms with Crippen molar-refractivity contribution in [1.82, 2.24) is 14.8 Å². The number of benzene rings is 2. The first-order valence-corrected chi connectivity index (χ1v) is 11.0. The average molecular weight is 464 g/mol. The fourth-order valence-corrected chi connectivity index (χ4v) is 4.64. The van der Waals surface area contributed by atoms with Gasteiger partial charge in [0, 0.05) is 37.5 Å². The van der Waals surface area contributed by atoms with Crippen molar-refractivity contribution >= 4 is 23.4 Å². The van der Waals surface area contributed by atoms with Crippen LogP contribution >= 0.6 is 0 Å². The van der Waals surface area contributed by atoms with E-state index in [9.17, 15) is 23.2 Å². The van der Waals surface area contributed by atoms with Gasteiger partial charge in [-0.1, -0.05) is 6.07 Å². The maximum atomic E-state index is 14.3. The van der Waals surface area contributed by atoms with Crippen LogP contribution in [0.1, 0.15) is 33.7 Å². The van der Waals surface area contributed by atoms with E-state index in [0.717, 1.165) is 12.1 Å². The van der Waals surface area contributed by atoms with E-state index in [-0.39, 0.29) is 47.9 Å². The number of anilines is 1. The Kier molecular flexibility index (Phi) is 5.39. The lowest BCUT2D eigenvalue weighted by Crippen LogP contribution is -2.55. The number of piperidine rings is 1. The molecule has 1 fully saturated rings. The second-order valence-electron chi connectivity index (χ2n) is 8.59. The number of amides is 3. The molecule has 2 atom stereocenters. The Labute approximate surface area is 194 Å². The minimum atomic E-state index is -0.752. The number of nitrogens with zero attached hydrogens (tertiary/aromatic N) is 2. The van der Waals surface area contributed by atoms with E-state index in [1.165, 1.54) is 17.0 Å². The van der Waals surface area contributed by atoms with Crippen LogP contribution in [0.3, 0.4) is 0 Å². The van der Waals surface area contributed by atoms with Crippen LogP contribution in [0.5, 0.6) is 0 Å². The summed E-state index contributed by atoms with van der Waals surface area (Å²) in [7, 11) is 1.78. The predicted molar refractivity (Wildman–Crippen MR) is 121 cm³/mol. The molecule has 0 radical (unpaired) electrons. The summed E-state index contributed by atoms with van der Waals surface area (Å²) < 4.78 is 29.3. The number of nitrogens with one attached hydrogen (secondary N) is 2. The van der Waals surface area contributed by atoms with E-state index in [1.807, 2.05) is 0 Å². The number of aryl methyl sites for hydroxylation is 1. The Balaban J connectivity index is 1.39. The Hall–Kier alpha value is -4.01. The van der Waals surface area contributed by atoms with E-state index < -0.39 is 17.7 Å². The Morgan fingerprint density at radius 1 is 1.09 bits per heavy atom. The van der Waals surface area contributed by atoms with Crippen LogP contribution in [0, 0.1) is 11.6 Å². The Bertz CT molecular complexity index is 1320. The molecule has 34 heavy (non-hydrogen) atoms. The lowest BCUT2D eigenvalue weighted by atomic mass is 9.95. The number of rotatable bonds is 3. The van der Waals surface area contributed by atoms with Crippen molar-refractivity contribution in [2.24, 2.45) is 7.05 Å². The highest BCUT2D eigenvalue weighted by atomic mass is 19.1. The summed E-state index contributed by atoms with van der Waals surface area (Å²) in [4.78, 5) is 40.5. The maximum Gasteiger partial charge on any atom is 0.268 e. The maximum absolute atomic E-state index is 14.3. The number of carbonyl (C=O) groups is 3. The zero-order valence-corrected chi connectivity index (χ0v) is 18.3. The van der Waals surface area contributed by atoms with Crippen molar-refractivity contribution in [1.29, 1.82) is 0 Å². The molecule has 3 heterocycles. The highest BCUT2D eigenvalue weighted by Gasteiger charge is 2.40. The van der Waals surface area contributed by atoms with Gasteiger partial charge in [-0.15, -0.1) is 0 Å². The first-order valence-electron chi connectivity index (χ1n) is 11.0. The van der Waals surface area contributed by atoms with Crippen molar-refractivity contribution in [3.05, 3.63) is 77.6 Å². The number of aromatic nitrogens is 1. The minimum absolute atomic E-state index is 0.159. The SMILES string of the molecule is Cn1cccc1C(=O)NC1CCN2C(=O)c3cc(-c4ccc(F)cc4F)ccc3NC(=O)C2C1. The van der Waals surface area contributed by atoms with E-state index in [4.69, 9.17) is 0 Å². The van der Waals surface area contributed by atoms with Gasteiger partial charge in [-0.25, -0.2) is 8.78 Å². The molecule has 5 rings (SSSR count). The van der Waals surface area contributed by atoms with Gasteiger partial charge in [-0.05, 0) is 54.8 Å². The summed E-state index contributed by atoms with van der Waals surface area (Å²) in [5.41, 5.74) is 1.65. The summed E-state index contributed by atoms with van der Waals surface area (Å²) in [5.74, 6) is -2.36. The van der Waals surface area contributed by atoms with Crippen LogP contribution in [0.15, 0.2) is 54.7 Å². The highest BCUT2D eigenvalue weighted by Crippen LogP contribution is 2.32. The molecule has 2 N–H and O–H groups in total. The summed E-state index contributed by atoms with van der Waals surface area (Å²) in [5, 5.41) is 5.76. The van der Waals surface area contributed by atoms with Crippen LogP contribution in [0.25, 0.3) is 11.1 Å². The summed E-state index contributed by atoms with van der Waals surface area (Å²) in [6.07, 6.45) is 2.55. The number of hydrogen-bond acceptors (Lipinski definition) is 3. The normalized spacial score (nSPS) is 19.7. The molecule has 9 heteroatoms. The fourth-order valence-electron chi connectivity index (χ4n) is 4.64. The Morgan fingerprint density at radius 2 is 1.91 bits per heavy atom. The molecule has 3 aromatic rings. The van der Waals surface area contributed by atoms with E-state index in [2.05, 4.69) is 10.6 Å². The second-order valence-corrected chi connectivity index (χ2v) is 8.59. The van der Waals surface area contributed by atoms with Gasteiger partial charge in [0.25, 0.3) is 11.8 Å². The predicted octanol–water partition coefficient (Wildman–Crippen LogP) is 3.33. The standard InChI is InChI=1S/C25H22F2N4O3/c1-30-9-2-3-21(30)23(32)28-16-8-10-31-22(13-16)24(33)29-20-7-4-14(11-18(20)25(31)34)17-6-5-15(26)12-19(17)27/h2-7,9,11-12,16,22H,8,10,13H2,1H3,(H,28,32)(H,29,33). The summed E-state index contributed by atoms with van der Waals surface area (Å²) in [6, 6.07) is 10.4. The molecule has 3 amide bonds. The van der Waals surface area contributed by atoms with Crippen molar-refractivity contribution in [3.63, 3.8) is 0 Å². The molecule has 1 aromatic heterocycles. The highest BCUT2D eigenvalue weighted by molar-refractivity contribution is 6.10. The summed E-state index contributed by atoms with van der Waals surface area (Å²) in [6.45, 7) is 0.281. The molecule has 0 aliphatic carbocycles. The average Bonchev–Trinajstić information content (AvgIpc) is 3.21. The lowest BCUT2D eigenvalue weighted by molar-refractivity contribution is -0.121. The van der Waals surface area contributed by atoms with Crippen LogP contribution < -0.4 is 10.6 Å². The van der Waals surface area contributed by atoms with Gasteiger partial charge >= 0.3 is 0 Å². The number of fused-ring (bicyclic) bond motifs is 2. The van der Waals surface area contributed by atoms with E-state index >= 15 is 0 Å². The van der Waals surface area contributed by atoms with Crippen LogP contribution in [-0.2, 0) is 11.8 Å². The molecule has 2 aliphatic heterocycles. The van der Waals surface area contributed by atoms with Gasteiger partial charge in [0.1, 0.15) is 23.4 Å². The van der Waals surface area contributed by atoms with Gasteiger partial charge in [-0.2, -0.15) is 0 Å². The van der Waals surface area contributed by atoms with Crippen LogP contribution in [-0.4, -0.2) is 45.8 Å². The molecule has 174 valence electrons. The monoisotopic (exact) mass is 464 g/mol. The van der Waals surface area contributed by atoms with Gasteiger partial charge in [0.05, 0.1) is 11.3 Å². The van der Waals surface area contributed by atoms with Crippen molar-refractivity contribution < 1.29 is 23.2 Å². The molecule has 1 saturated heterocycles. The zero-order chi connectivity index (χ0) is 24.0. The number of hydrogen-bond donors (Lipinski definition) is 2. The van der Waals surface area contributed by atoms with Crippen molar-refractivity contribution in [2.45, 2.75) is 24.9 Å². The molecule has 0 saturated carbocycles. The van der Waals surface area contributed by atoms with Crippen LogP contribution in [0.2, 0.25) is 0 Å². The first-order chi connectivity index (χ1) is 16.3. The molecular formula is C25H22F2N4O3. The third kappa shape index (κ3) is 3.83. The third-order valence-electron chi connectivity index (χ3n) is 6.43. The minimum Gasteiger partial charge on any atom is -0.348 e. The van der Waals surface area contributed by atoms with E-state index in [0.29, 0.717) is 23.4 Å². The quantitative estimate of drug-likeness (QED) is 0.624. The molecule has 0 spiro atoms. The second kappa shape index (κ2) is 8.40. The first kappa shape index (κ1) is 21.8. The van der Waals surface area contributed by atoms with Gasteiger partial charge in [-0.3, -0.25) is 14.4 Å². The molecule has 2 aliphatic rings. The van der Waals surface area contributed by atoms with Crippen LogP contribution in [0.4, 0.5) is 14.5 Å². The van der Waals surface area contributed by atoms with Crippen molar-refractivity contribution in [2.75, 3.05) is 11.9 Å². The van der Waals surface area contributed by atoms with Gasteiger partial charge in [0.15, 0.2) is 0 Å². The summed E-state index contributed by atoms with van der Waals surface area (Å²) >= 11 is 0. The Morgan fingerprint density at radius 3 is 2.65 bits per heavy atom. The topological polar surface area (TPSA) is 83.4 Å².